The zero-order chi connectivity index (χ0) is 20.6. The first-order chi connectivity index (χ1) is 14.0. The fraction of sp³-hybridized carbons (Fsp3) is 0.333. The Kier molecular flexibility index (Phi) is 7.55. The molecule has 0 spiro atoms. The number of ether oxygens (including phenoxy) is 1. The quantitative estimate of drug-likeness (QED) is 0.515. The standard InChI is InChI=1S/C24H28F2N2O/c1-19-6-3-7-20(12-19)17-28-10-4-8-24(28)18-27(9-5-11-29-2)16-21-13-22(25)15-23(26)14-21/h3-4,6-8,10,12-15H,5,9,11,16-18H2,1-2H3/p+1. The van der Waals surface area contributed by atoms with Crippen molar-refractivity contribution in [2.75, 3.05) is 20.3 Å². The van der Waals surface area contributed by atoms with Crippen molar-refractivity contribution in [3.05, 3.63) is 94.8 Å². The third kappa shape index (κ3) is 6.51. The molecule has 2 aromatic carbocycles. The van der Waals surface area contributed by atoms with Crippen molar-refractivity contribution in [3.63, 3.8) is 0 Å². The van der Waals surface area contributed by atoms with Gasteiger partial charge in [0, 0.05) is 37.9 Å². The summed E-state index contributed by atoms with van der Waals surface area (Å²) in [4.78, 5) is 1.25. The third-order valence-corrected chi connectivity index (χ3v) is 5.05. The summed E-state index contributed by atoms with van der Waals surface area (Å²) < 4.78 is 34.7. The van der Waals surface area contributed by atoms with Gasteiger partial charge in [-0.1, -0.05) is 29.8 Å². The molecular weight excluding hydrogens is 370 g/mol. The van der Waals surface area contributed by atoms with Gasteiger partial charge in [0.05, 0.1) is 18.8 Å². The van der Waals surface area contributed by atoms with Gasteiger partial charge < -0.3 is 14.2 Å². The van der Waals surface area contributed by atoms with Gasteiger partial charge in [-0.25, -0.2) is 8.78 Å². The molecule has 154 valence electrons. The van der Waals surface area contributed by atoms with E-state index in [1.165, 1.54) is 33.9 Å². The topological polar surface area (TPSA) is 18.6 Å². The highest BCUT2D eigenvalue weighted by atomic mass is 19.1. The Morgan fingerprint density at radius 1 is 0.931 bits per heavy atom. The van der Waals surface area contributed by atoms with E-state index in [1.807, 2.05) is 0 Å². The second-order valence-corrected chi connectivity index (χ2v) is 7.59. The molecule has 1 atom stereocenters. The number of aryl methyl sites for hydroxylation is 1. The van der Waals surface area contributed by atoms with Crippen molar-refractivity contribution in [2.24, 2.45) is 0 Å². The Hall–Kier alpha value is -2.50. The Morgan fingerprint density at radius 2 is 1.72 bits per heavy atom. The van der Waals surface area contributed by atoms with Crippen LogP contribution in [-0.2, 0) is 24.4 Å². The van der Waals surface area contributed by atoms with Crippen molar-refractivity contribution in [2.45, 2.75) is 33.0 Å². The van der Waals surface area contributed by atoms with Crippen LogP contribution in [-0.4, -0.2) is 24.8 Å². The molecule has 1 N–H and O–H groups in total. The Balaban J connectivity index is 1.74. The van der Waals surface area contributed by atoms with Crippen LogP contribution in [0, 0.1) is 18.6 Å². The second-order valence-electron chi connectivity index (χ2n) is 7.59. The summed E-state index contributed by atoms with van der Waals surface area (Å²) >= 11 is 0. The summed E-state index contributed by atoms with van der Waals surface area (Å²) in [6, 6.07) is 16.4. The molecule has 0 saturated carbocycles. The highest BCUT2D eigenvalue weighted by Gasteiger charge is 2.15. The molecule has 0 saturated heterocycles. The lowest BCUT2D eigenvalue weighted by Gasteiger charge is -2.21. The Morgan fingerprint density at radius 3 is 2.45 bits per heavy atom. The van der Waals surface area contributed by atoms with Crippen molar-refractivity contribution in [3.8, 4) is 0 Å². The van der Waals surface area contributed by atoms with Crippen molar-refractivity contribution in [1.82, 2.24) is 4.57 Å². The van der Waals surface area contributed by atoms with Crippen LogP contribution in [0.1, 0.15) is 28.8 Å². The number of halogens is 2. The average molecular weight is 400 g/mol. The van der Waals surface area contributed by atoms with Gasteiger partial charge in [-0.05, 0) is 36.8 Å². The van der Waals surface area contributed by atoms with Gasteiger partial charge in [0.2, 0.25) is 0 Å². The first-order valence-corrected chi connectivity index (χ1v) is 10.0. The molecule has 1 aromatic heterocycles. The number of hydrogen-bond acceptors (Lipinski definition) is 1. The largest absolute Gasteiger partial charge is 0.384 e. The zero-order valence-electron chi connectivity index (χ0n) is 17.1. The minimum atomic E-state index is -0.529. The molecule has 3 aromatic rings. The third-order valence-electron chi connectivity index (χ3n) is 5.05. The Labute approximate surface area is 171 Å². The zero-order valence-corrected chi connectivity index (χ0v) is 17.1. The lowest BCUT2D eigenvalue weighted by atomic mass is 10.1. The average Bonchev–Trinajstić information content (AvgIpc) is 3.07. The molecule has 1 unspecified atom stereocenters. The highest BCUT2D eigenvalue weighted by Crippen LogP contribution is 2.10. The molecule has 0 fully saturated rings. The summed E-state index contributed by atoms with van der Waals surface area (Å²) in [7, 11) is 1.69. The number of hydrogen-bond donors (Lipinski definition) is 1. The van der Waals surface area contributed by atoms with E-state index in [2.05, 4.69) is 54.1 Å². The predicted molar refractivity (Wildman–Crippen MR) is 111 cm³/mol. The van der Waals surface area contributed by atoms with Crippen LogP contribution in [0.3, 0.4) is 0 Å². The first kappa shape index (κ1) is 21.2. The fourth-order valence-corrected chi connectivity index (χ4v) is 3.73. The number of rotatable bonds is 10. The minimum Gasteiger partial charge on any atom is -0.384 e. The second kappa shape index (κ2) is 10.3. The monoisotopic (exact) mass is 399 g/mol. The van der Waals surface area contributed by atoms with Gasteiger partial charge in [-0.2, -0.15) is 0 Å². The normalized spacial score (nSPS) is 12.3. The molecule has 29 heavy (non-hydrogen) atoms. The maximum Gasteiger partial charge on any atom is 0.126 e. The fourth-order valence-electron chi connectivity index (χ4n) is 3.73. The van der Waals surface area contributed by atoms with Crippen LogP contribution in [0.25, 0.3) is 0 Å². The molecule has 0 amide bonds. The van der Waals surface area contributed by atoms with Crippen LogP contribution in [0.4, 0.5) is 8.78 Å². The number of methoxy groups -OCH3 is 1. The lowest BCUT2D eigenvalue weighted by molar-refractivity contribution is -0.928. The maximum atomic E-state index is 13.6. The van der Waals surface area contributed by atoms with Crippen LogP contribution >= 0.6 is 0 Å². The first-order valence-electron chi connectivity index (χ1n) is 10.0. The van der Waals surface area contributed by atoms with Gasteiger partial charge >= 0.3 is 0 Å². The van der Waals surface area contributed by atoms with Crippen LogP contribution in [0.5, 0.6) is 0 Å². The number of benzene rings is 2. The van der Waals surface area contributed by atoms with Gasteiger partial charge in [0.1, 0.15) is 24.7 Å². The summed E-state index contributed by atoms with van der Waals surface area (Å²) in [6.07, 6.45) is 2.98. The number of nitrogens with zero attached hydrogens (tertiary/aromatic N) is 1. The Bertz CT molecular complexity index is 902. The summed E-state index contributed by atoms with van der Waals surface area (Å²) in [6.45, 7) is 5.78. The molecule has 1 heterocycles. The number of quaternary nitrogens is 1. The van der Waals surface area contributed by atoms with Crippen molar-refractivity contribution < 1.29 is 18.4 Å². The molecular formula is C24H29F2N2O+. The number of nitrogens with one attached hydrogen (secondary N) is 1. The van der Waals surface area contributed by atoms with E-state index in [4.69, 9.17) is 4.74 Å². The van der Waals surface area contributed by atoms with E-state index in [0.29, 0.717) is 18.7 Å². The van der Waals surface area contributed by atoms with E-state index < -0.39 is 11.6 Å². The molecule has 0 aliphatic rings. The van der Waals surface area contributed by atoms with Crippen LogP contribution in [0.15, 0.2) is 60.8 Å². The molecule has 5 heteroatoms. The maximum absolute atomic E-state index is 13.6. The molecule has 0 radical (unpaired) electrons. The predicted octanol–water partition coefficient (Wildman–Crippen LogP) is 3.74. The number of aromatic nitrogens is 1. The van der Waals surface area contributed by atoms with Crippen LogP contribution < -0.4 is 4.90 Å². The van der Waals surface area contributed by atoms with Crippen LogP contribution in [0.2, 0.25) is 0 Å². The molecule has 0 aliphatic carbocycles. The van der Waals surface area contributed by atoms with E-state index in [0.717, 1.165) is 32.1 Å². The summed E-state index contributed by atoms with van der Waals surface area (Å²) in [5, 5.41) is 0. The highest BCUT2D eigenvalue weighted by molar-refractivity contribution is 5.23. The van der Waals surface area contributed by atoms with Gasteiger partial charge in [-0.3, -0.25) is 0 Å². The molecule has 3 nitrogen and oxygen atoms in total. The summed E-state index contributed by atoms with van der Waals surface area (Å²) in [5.74, 6) is -1.06. The SMILES string of the molecule is COCCC[NH+](Cc1cc(F)cc(F)c1)Cc1cccn1Cc1cccc(C)c1. The molecule has 3 rings (SSSR count). The van der Waals surface area contributed by atoms with Gasteiger partial charge in [0.15, 0.2) is 0 Å². The van der Waals surface area contributed by atoms with Crippen molar-refractivity contribution >= 4 is 0 Å². The van der Waals surface area contributed by atoms with Crippen molar-refractivity contribution in [1.29, 1.82) is 0 Å². The molecule has 0 aliphatic heterocycles. The van der Waals surface area contributed by atoms with E-state index in [1.54, 1.807) is 7.11 Å². The minimum absolute atomic E-state index is 0.529. The summed E-state index contributed by atoms with van der Waals surface area (Å²) in [5.41, 5.74) is 4.38. The van der Waals surface area contributed by atoms with E-state index in [-0.39, 0.29) is 0 Å². The molecule has 0 bridgehead atoms. The van der Waals surface area contributed by atoms with E-state index >= 15 is 0 Å². The lowest BCUT2D eigenvalue weighted by Crippen LogP contribution is -3.09. The van der Waals surface area contributed by atoms with E-state index in [9.17, 15) is 8.78 Å². The van der Waals surface area contributed by atoms with Gasteiger partial charge in [0.25, 0.3) is 0 Å². The van der Waals surface area contributed by atoms with Gasteiger partial charge in [-0.15, -0.1) is 0 Å². The smallest absolute Gasteiger partial charge is 0.126 e.